The number of rotatable bonds is 6. The highest BCUT2D eigenvalue weighted by Crippen LogP contribution is 2.33. The van der Waals surface area contributed by atoms with Crippen LogP contribution in [0.25, 0.3) is 0 Å². The van der Waals surface area contributed by atoms with Crippen molar-refractivity contribution in [1.29, 1.82) is 0 Å². The van der Waals surface area contributed by atoms with E-state index in [0.29, 0.717) is 5.92 Å². The summed E-state index contributed by atoms with van der Waals surface area (Å²) in [7, 11) is 5.27. The van der Waals surface area contributed by atoms with Crippen LogP contribution in [-0.4, -0.2) is 69.8 Å². The summed E-state index contributed by atoms with van der Waals surface area (Å²) in [5.74, 6) is 4.04. The van der Waals surface area contributed by atoms with Crippen molar-refractivity contribution >= 4 is 5.96 Å². The van der Waals surface area contributed by atoms with Gasteiger partial charge in [0.2, 0.25) is 0 Å². The van der Waals surface area contributed by atoms with Gasteiger partial charge >= 0.3 is 0 Å². The van der Waals surface area contributed by atoms with Gasteiger partial charge in [0, 0.05) is 39.8 Å². The van der Waals surface area contributed by atoms with E-state index >= 15 is 0 Å². The summed E-state index contributed by atoms with van der Waals surface area (Å²) in [5, 5.41) is 3.66. The van der Waals surface area contributed by atoms with Crippen LogP contribution in [0.5, 0.6) is 11.5 Å². The molecule has 6 nitrogen and oxygen atoms in total. The number of guanidine groups is 1. The topological polar surface area (TPSA) is 49.3 Å². The fourth-order valence-electron chi connectivity index (χ4n) is 4.63. The second kappa shape index (κ2) is 10.2. The lowest BCUT2D eigenvalue weighted by atomic mass is 9.97. The third-order valence-electron chi connectivity index (χ3n) is 6.00. The number of methoxy groups -OCH3 is 2. The van der Waals surface area contributed by atoms with Crippen molar-refractivity contribution in [1.82, 2.24) is 15.1 Å². The maximum Gasteiger partial charge on any atom is 0.193 e. The Labute approximate surface area is 176 Å². The lowest BCUT2D eigenvalue weighted by molar-refractivity contribution is 0.159. The van der Waals surface area contributed by atoms with Gasteiger partial charge in [-0.25, -0.2) is 0 Å². The number of aliphatic imine (C=N–C) groups is 1. The van der Waals surface area contributed by atoms with Gasteiger partial charge in [-0.3, -0.25) is 4.99 Å². The van der Waals surface area contributed by atoms with Gasteiger partial charge in [0.1, 0.15) is 0 Å². The molecule has 0 saturated carbocycles. The number of likely N-dealkylation sites (tertiary alicyclic amines) is 1. The predicted molar refractivity (Wildman–Crippen MR) is 119 cm³/mol. The molecule has 1 N–H and O–H groups in total. The SMILES string of the molecule is CN=C(NCC1CCCN(CC(C)C)C1)N1CCc2cc(OC)c(OC)cc2C1. The van der Waals surface area contributed by atoms with Gasteiger partial charge in [0.05, 0.1) is 14.2 Å². The Hall–Kier alpha value is -1.95. The van der Waals surface area contributed by atoms with E-state index in [1.54, 1.807) is 14.2 Å². The molecule has 2 aliphatic heterocycles. The molecule has 0 aliphatic carbocycles. The molecule has 1 aromatic rings. The van der Waals surface area contributed by atoms with Crippen LogP contribution in [0.3, 0.4) is 0 Å². The van der Waals surface area contributed by atoms with Crippen molar-refractivity contribution in [3.8, 4) is 11.5 Å². The molecule has 1 unspecified atom stereocenters. The Bertz CT molecular complexity index is 704. The van der Waals surface area contributed by atoms with Crippen molar-refractivity contribution in [2.24, 2.45) is 16.8 Å². The first-order valence-corrected chi connectivity index (χ1v) is 11.0. The second-order valence-corrected chi connectivity index (χ2v) is 8.74. The number of ether oxygens (including phenoxy) is 2. The van der Waals surface area contributed by atoms with Crippen LogP contribution >= 0.6 is 0 Å². The highest BCUT2D eigenvalue weighted by molar-refractivity contribution is 5.80. The molecule has 3 rings (SSSR count). The normalized spacial score (nSPS) is 20.6. The van der Waals surface area contributed by atoms with Crippen molar-refractivity contribution in [2.75, 3.05) is 54.0 Å². The summed E-state index contributed by atoms with van der Waals surface area (Å²) in [6.07, 6.45) is 3.59. The Balaban J connectivity index is 1.59. The molecule has 0 amide bonds. The monoisotopic (exact) mass is 402 g/mol. The van der Waals surface area contributed by atoms with Gasteiger partial charge in [-0.05, 0) is 60.9 Å². The van der Waals surface area contributed by atoms with Crippen LogP contribution in [0.15, 0.2) is 17.1 Å². The fourth-order valence-corrected chi connectivity index (χ4v) is 4.63. The predicted octanol–water partition coefficient (Wildman–Crippen LogP) is 3.01. The van der Waals surface area contributed by atoms with Crippen LogP contribution in [0, 0.1) is 11.8 Å². The van der Waals surface area contributed by atoms with E-state index in [-0.39, 0.29) is 0 Å². The smallest absolute Gasteiger partial charge is 0.193 e. The number of nitrogens with one attached hydrogen (secondary N) is 1. The molecule has 0 spiro atoms. The first-order chi connectivity index (χ1) is 14.0. The van der Waals surface area contributed by atoms with Gasteiger partial charge in [-0.1, -0.05) is 13.8 Å². The number of hydrogen-bond donors (Lipinski definition) is 1. The summed E-state index contributed by atoms with van der Waals surface area (Å²) in [6, 6.07) is 4.23. The molecule has 6 heteroatoms. The van der Waals surface area contributed by atoms with Crippen LogP contribution in [-0.2, 0) is 13.0 Å². The van der Waals surface area contributed by atoms with E-state index in [4.69, 9.17) is 9.47 Å². The second-order valence-electron chi connectivity index (χ2n) is 8.74. The van der Waals surface area contributed by atoms with Crippen LogP contribution in [0.4, 0.5) is 0 Å². The Morgan fingerprint density at radius 2 is 1.90 bits per heavy atom. The first-order valence-electron chi connectivity index (χ1n) is 11.0. The molecule has 0 radical (unpaired) electrons. The third-order valence-corrected chi connectivity index (χ3v) is 6.00. The standard InChI is InChI=1S/C23H38N4O2/c1-17(2)14-26-9-6-7-18(15-26)13-25-23(24-3)27-10-8-19-11-21(28-4)22(29-5)12-20(19)16-27/h11-12,17-18H,6-10,13-16H2,1-5H3,(H,24,25). The summed E-state index contributed by atoms with van der Waals surface area (Å²) in [5.41, 5.74) is 2.63. The average Bonchev–Trinajstić information content (AvgIpc) is 2.72. The average molecular weight is 403 g/mol. The van der Waals surface area contributed by atoms with Crippen LogP contribution in [0.2, 0.25) is 0 Å². The number of hydrogen-bond acceptors (Lipinski definition) is 4. The number of piperidine rings is 1. The molecule has 29 heavy (non-hydrogen) atoms. The number of benzene rings is 1. The Kier molecular flexibility index (Phi) is 7.64. The fraction of sp³-hybridized carbons (Fsp3) is 0.696. The van der Waals surface area contributed by atoms with E-state index in [1.807, 2.05) is 7.05 Å². The molecular weight excluding hydrogens is 364 g/mol. The van der Waals surface area contributed by atoms with Gasteiger partial charge in [0.25, 0.3) is 0 Å². The van der Waals surface area contributed by atoms with E-state index in [0.717, 1.165) is 49.4 Å². The Morgan fingerprint density at radius 1 is 1.17 bits per heavy atom. The van der Waals surface area contributed by atoms with E-state index in [2.05, 4.69) is 46.1 Å². The molecule has 162 valence electrons. The molecule has 0 bridgehead atoms. The quantitative estimate of drug-likeness (QED) is 0.586. The minimum atomic E-state index is 0.695. The molecule has 1 atom stereocenters. The Morgan fingerprint density at radius 3 is 2.55 bits per heavy atom. The zero-order chi connectivity index (χ0) is 20.8. The summed E-state index contributed by atoms with van der Waals surface area (Å²) < 4.78 is 11.0. The molecule has 1 saturated heterocycles. The summed E-state index contributed by atoms with van der Waals surface area (Å²) in [6.45, 7) is 11.1. The van der Waals surface area contributed by atoms with Crippen molar-refractivity contribution in [2.45, 2.75) is 39.7 Å². The highest BCUT2D eigenvalue weighted by atomic mass is 16.5. The van der Waals surface area contributed by atoms with Crippen LogP contribution < -0.4 is 14.8 Å². The van der Waals surface area contributed by atoms with E-state index < -0.39 is 0 Å². The van der Waals surface area contributed by atoms with E-state index in [9.17, 15) is 0 Å². The van der Waals surface area contributed by atoms with Crippen molar-refractivity contribution in [3.63, 3.8) is 0 Å². The maximum atomic E-state index is 5.49. The van der Waals surface area contributed by atoms with Gasteiger partial charge in [0.15, 0.2) is 17.5 Å². The maximum absolute atomic E-state index is 5.49. The van der Waals surface area contributed by atoms with Gasteiger partial charge < -0.3 is 24.6 Å². The number of nitrogens with zero attached hydrogens (tertiary/aromatic N) is 3. The largest absolute Gasteiger partial charge is 0.493 e. The van der Waals surface area contributed by atoms with Gasteiger partial charge in [-0.2, -0.15) is 0 Å². The number of fused-ring (bicyclic) bond motifs is 1. The highest BCUT2D eigenvalue weighted by Gasteiger charge is 2.24. The lowest BCUT2D eigenvalue weighted by Crippen LogP contribution is -2.47. The van der Waals surface area contributed by atoms with Crippen molar-refractivity contribution < 1.29 is 9.47 Å². The molecule has 0 aromatic heterocycles. The van der Waals surface area contributed by atoms with E-state index in [1.165, 1.54) is 43.6 Å². The minimum Gasteiger partial charge on any atom is -0.493 e. The zero-order valence-electron chi connectivity index (χ0n) is 18.8. The van der Waals surface area contributed by atoms with Crippen molar-refractivity contribution in [3.05, 3.63) is 23.3 Å². The molecule has 1 fully saturated rings. The molecule has 1 aromatic carbocycles. The summed E-state index contributed by atoms with van der Waals surface area (Å²) >= 11 is 0. The lowest BCUT2D eigenvalue weighted by Gasteiger charge is -2.36. The molecule has 2 heterocycles. The third kappa shape index (κ3) is 5.56. The molecular formula is C23H38N4O2. The summed E-state index contributed by atoms with van der Waals surface area (Å²) in [4.78, 5) is 9.55. The minimum absolute atomic E-state index is 0.695. The van der Waals surface area contributed by atoms with Crippen LogP contribution in [0.1, 0.15) is 37.8 Å². The van der Waals surface area contributed by atoms with Gasteiger partial charge in [-0.15, -0.1) is 0 Å². The zero-order valence-corrected chi connectivity index (χ0v) is 18.8. The molecule has 2 aliphatic rings. The first kappa shape index (κ1) is 21.8.